The van der Waals surface area contributed by atoms with Gasteiger partial charge in [0.2, 0.25) is 0 Å². The summed E-state index contributed by atoms with van der Waals surface area (Å²) in [7, 11) is 0. The van der Waals surface area contributed by atoms with Gasteiger partial charge in [0, 0.05) is 18.9 Å². The lowest BCUT2D eigenvalue weighted by Crippen LogP contribution is -2.02. The summed E-state index contributed by atoms with van der Waals surface area (Å²) in [5.74, 6) is 0.667. The Morgan fingerprint density at radius 2 is 1.92 bits per heavy atom. The van der Waals surface area contributed by atoms with E-state index in [1.807, 2.05) is 35.0 Å². The summed E-state index contributed by atoms with van der Waals surface area (Å²) in [5.41, 5.74) is 3.02. The van der Waals surface area contributed by atoms with E-state index >= 15 is 0 Å². The van der Waals surface area contributed by atoms with E-state index in [9.17, 15) is 5.26 Å². The van der Waals surface area contributed by atoms with Crippen LogP contribution in [0.25, 0.3) is 0 Å². The molecule has 126 valence electrons. The van der Waals surface area contributed by atoms with Crippen LogP contribution >= 0.6 is 0 Å². The van der Waals surface area contributed by atoms with Gasteiger partial charge in [0.25, 0.3) is 0 Å². The highest BCUT2D eigenvalue weighted by Crippen LogP contribution is 2.21. The summed E-state index contributed by atoms with van der Waals surface area (Å²) in [6.45, 7) is 1.34. The maximum atomic E-state index is 9.27. The van der Waals surface area contributed by atoms with Crippen molar-refractivity contribution in [2.24, 2.45) is 0 Å². The van der Waals surface area contributed by atoms with E-state index in [-0.39, 0.29) is 0 Å². The molecule has 0 aliphatic carbocycles. The first-order valence-corrected chi connectivity index (χ1v) is 8.50. The summed E-state index contributed by atoms with van der Waals surface area (Å²) >= 11 is 0. The third-order valence-electron chi connectivity index (χ3n) is 4.05. The number of hydrogen-bond acceptors (Lipinski definition) is 3. The molecule has 0 unspecified atom stereocenters. The van der Waals surface area contributed by atoms with Gasteiger partial charge in [-0.3, -0.25) is 0 Å². The van der Waals surface area contributed by atoms with Gasteiger partial charge in [-0.15, -0.1) is 0 Å². The number of nitrogens with zero attached hydrogens (tertiary/aromatic N) is 3. The lowest BCUT2D eigenvalue weighted by molar-refractivity contribution is 0.306. The Bertz CT molecular complexity index is 820. The van der Waals surface area contributed by atoms with Gasteiger partial charge >= 0.3 is 0 Å². The van der Waals surface area contributed by atoms with Crippen molar-refractivity contribution >= 4 is 0 Å². The molecule has 0 N–H and O–H groups in total. The fourth-order valence-electron chi connectivity index (χ4n) is 2.73. The predicted molar refractivity (Wildman–Crippen MR) is 97.4 cm³/mol. The molecule has 0 aliphatic heterocycles. The Hall–Kier alpha value is -3.06. The van der Waals surface area contributed by atoms with Crippen LogP contribution in [0.3, 0.4) is 0 Å². The van der Waals surface area contributed by atoms with Gasteiger partial charge in [0.05, 0.1) is 18.5 Å². The molecule has 0 bridgehead atoms. The Kier molecular flexibility index (Phi) is 5.84. The third-order valence-corrected chi connectivity index (χ3v) is 4.05. The molecule has 0 fully saturated rings. The van der Waals surface area contributed by atoms with Crippen LogP contribution in [0.5, 0.6) is 5.75 Å². The van der Waals surface area contributed by atoms with Crippen molar-refractivity contribution in [3.05, 3.63) is 83.9 Å². The van der Waals surface area contributed by atoms with E-state index in [1.54, 1.807) is 12.5 Å². The average Bonchev–Trinajstić information content (AvgIpc) is 3.15. The second kappa shape index (κ2) is 8.70. The molecule has 25 heavy (non-hydrogen) atoms. The number of nitriles is 1. The van der Waals surface area contributed by atoms with E-state index in [1.165, 1.54) is 5.56 Å². The minimum atomic E-state index is 0.581. The highest BCUT2D eigenvalue weighted by atomic mass is 16.5. The van der Waals surface area contributed by atoms with Gasteiger partial charge in [0.1, 0.15) is 11.8 Å². The van der Waals surface area contributed by atoms with Gasteiger partial charge in [-0.2, -0.15) is 5.26 Å². The number of rotatable bonds is 8. The molecule has 3 rings (SSSR count). The lowest BCUT2D eigenvalue weighted by Gasteiger charge is -2.10. The minimum absolute atomic E-state index is 0.581. The van der Waals surface area contributed by atoms with Gasteiger partial charge in [-0.05, 0) is 42.5 Å². The van der Waals surface area contributed by atoms with Crippen molar-refractivity contribution < 1.29 is 4.74 Å². The molecule has 2 aromatic carbocycles. The predicted octanol–water partition coefficient (Wildman–Crippen LogP) is 4.20. The first-order chi connectivity index (χ1) is 12.3. The summed E-state index contributed by atoms with van der Waals surface area (Å²) in [5, 5.41) is 9.27. The molecule has 0 aliphatic rings. The lowest BCUT2D eigenvalue weighted by atomic mass is 10.1. The Morgan fingerprint density at radius 1 is 1.04 bits per heavy atom. The van der Waals surface area contributed by atoms with E-state index in [2.05, 4.69) is 35.3 Å². The summed E-state index contributed by atoms with van der Waals surface area (Å²) in [4.78, 5) is 4.05. The number of benzene rings is 2. The fourth-order valence-corrected chi connectivity index (χ4v) is 2.73. The van der Waals surface area contributed by atoms with E-state index in [4.69, 9.17) is 4.74 Å². The molecule has 3 aromatic rings. The Morgan fingerprint density at radius 3 is 2.68 bits per heavy atom. The fraction of sp³-hybridized carbons (Fsp3) is 0.238. The quantitative estimate of drug-likeness (QED) is 0.581. The molecule has 0 atom stereocenters. The number of aromatic nitrogens is 2. The first-order valence-electron chi connectivity index (χ1n) is 8.50. The zero-order chi connectivity index (χ0) is 17.3. The maximum Gasteiger partial charge on any atom is 0.137 e. The highest BCUT2D eigenvalue weighted by Gasteiger charge is 2.06. The molecule has 4 nitrogen and oxygen atoms in total. The van der Waals surface area contributed by atoms with Crippen LogP contribution < -0.4 is 4.74 Å². The monoisotopic (exact) mass is 331 g/mol. The van der Waals surface area contributed by atoms with Crippen LogP contribution in [0.4, 0.5) is 0 Å². The first kappa shape index (κ1) is 16.8. The normalized spacial score (nSPS) is 10.4. The van der Waals surface area contributed by atoms with Crippen molar-refractivity contribution in [2.45, 2.75) is 25.8 Å². The SMILES string of the molecule is N#Cc1ccc(Cn2ccnc2)cc1OCCCCc1ccccc1. The molecule has 1 aromatic heterocycles. The minimum Gasteiger partial charge on any atom is -0.492 e. The van der Waals surface area contributed by atoms with Crippen molar-refractivity contribution in [3.8, 4) is 11.8 Å². The number of hydrogen-bond donors (Lipinski definition) is 0. The number of aryl methyl sites for hydroxylation is 1. The molecule has 4 heteroatoms. The molecular formula is C21H21N3O. The standard InChI is InChI=1S/C21H21N3O/c22-15-20-10-9-19(16-24-12-11-23-17-24)14-21(20)25-13-5-4-8-18-6-2-1-3-7-18/h1-3,6-7,9-12,14,17H,4-5,8,13,16H2. The van der Waals surface area contributed by atoms with E-state index in [0.29, 0.717) is 17.9 Å². The summed E-state index contributed by atoms with van der Waals surface area (Å²) < 4.78 is 7.87. The molecule has 1 heterocycles. The van der Waals surface area contributed by atoms with Crippen molar-refractivity contribution in [2.75, 3.05) is 6.61 Å². The second-order valence-electron chi connectivity index (χ2n) is 5.97. The Balaban J connectivity index is 1.52. The van der Waals surface area contributed by atoms with E-state index < -0.39 is 0 Å². The average molecular weight is 331 g/mol. The summed E-state index contributed by atoms with van der Waals surface area (Å²) in [6.07, 6.45) is 8.54. The van der Waals surface area contributed by atoms with Crippen LogP contribution in [0.1, 0.15) is 29.5 Å². The van der Waals surface area contributed by atoms with Crippen LogP contribution in [-0.2, 0) is 13.0 Å². The van der Waals surface area contributed by atoms with Gasteiger partial charge in [-0.1, -0.05) is 36.4 Å². The van der Waals surface area contributed by atoms with Crippen LogP contribution in [0, 0.1) is 11.3 Å². The third kappa shape index (κ3) is 4.95. The molecular weight excluding hydrogens is 310 g/mol. The second-order valence-corrected chi connectivity index (χ2v) is 5.97. The smallest absolute Gasteiger partial charge is 0.137 e. The van der Waals surface area contributed by atoms with Gasteiger partial charge in [0.15, 0.2) is 0 Å². The maximum absolute atomic E-state index is 9.27. The molecule has 0 saturated heterocycles. The van der Waals surface area contributed by atoms with Crippen molar-refractivity contribution in [1.82, 2.24) is 9.55 Å². The summed E-state index contributed by atoms with van der Waals surface area (Å²) in [6, 6.07) is 18.4. The van der Waals surface area contributed by atoms with Gasteiger partial charge < -0.3 is 9.30 Å². The van der Waals surface area contributed by atoms with Crippen molar-refractivity contribution in [1.29, 1.82) is 5.26 Å². The van der Waals surface area contributed by atoms with E-state index in [0.717, 1.165) is 31.4 Å². The van der Waals surface area contributed by atoms with Crippen LogP contribution in [0.15, 0.2) is 67.3 Å². The molecule has 0 spiro atoms. The topological polar surface area (TPSA) is 50.8 Å². The zero-order valence-electron chi connectivity index (χ0n) is 14.1. The Labute approximate surface area is 148 Å². The molecule has 0 amide bonds. The molecule has 0 saturated carbocycles. The highest BCUT2D eigenvalue weighted by molar-refractivity contribution is 5.45. The number of unbranched alkanes of at least 4 members (excludes halogenated alkanes) is 1. The largest absolute Gasteiger partial charge is 0.492 e. The van der Waals surface area contributed by atoms with Crippen molar-refractivity contribution in [3.63, 3.8) is 0 Å². The van der Waals surface area contributed by atoms with Crippen LogP contribution in [0.2, 0.25) is 0 Å². The molecule has 0 radical (unpaired) electrons. The van der Waals surface area contributed by atoms with Crippen LogP contribution in [-0.4, -0.2) is 16.2 Å². The van der Waals surface area contributed by atoms with Gasteiger partial charge in [-0.25, -0.2) is 4.98 Å². The zero-order valence-corrected chi connectivity index (χ0v) is 14.1. The number of ether oxygens (including phenoxy) is 1. The number of imidazole rings is 1.